The summed E-state index contributed by atoms with van der Waals surface area (Å²) < 4.78 is 18.4. The van der Waals surface area contributed by atoms with E-state index in [2.05, 4.69) is 0 Å². The molecule has 0 spiro atoms. The van der Waals surface area contributed by atoms with Crippen LogP contribution in [0.2, 0.25) is 10.0 Å². The van der Waals surface area contributed by atoms with E-state index in [-0.39, 0.29) is 27.9 Å². The smallest absolute Gasteiger partial charge is 0.340 e. The maximum Gasteiger partial charge on any atom is 0.340 e. The highest BCUT2D eigenvalue weighted by atomic mass is 35.5. The molecule has 5 nitrogen and oxygen atoms in total. The van der Waals surface area contributed by atoms with Gasteiger partial charge in [-0.1, -0.05) is 23.2 Å². The van der Waals surface area contributed by atoms with Gasteiger partial charge < -0.3 is 9.64 Å². The van der Waals surface area contributed by atoms with Crippen molar-refractivity contribution in [3.8, 4) is 0 Å². The molecule has 134 valence electrons. The number of rotatable bonds is 4. The number of amides is 1. The predicted molar refractivity (Wildman–Crippen MR) is 94.6 cm³/mol. The summed E-state index contributed by atoms with van der Waals surface area (Å²) in [6.45, 7) is -0.540. The molecule has 1 heterocycles. The molecule has 3 rings (SSSR count). The van der Waals surface area contributed by atoms with Gasteiger partial charge in [-0.25, -0.2) is 9.18 Å². The monoisotopic (exact) mass is 395 g/mol. The van der Waals surface area contributed by atoms with Crippen LogP contribution >= 0.6 is 23.2 Å². The van der Waals surface area contributed by atoms with Crippen molar-refractivity contribution in [3.05, 3.63) is 62.9 Å². The molecule has 0 fully saturated rings. The summed E-state index contributed by atoms with van der Waals surface area (Å²) in [6.07, 6.45) is 0.215. The van der Waals surface area contributed by atoms with Crippen LogP contribution in [0.5, 0.6) is 0 Å². The molecule has 0 aliphatic carbocycles. The van der Waals surface area contributed by atoms with Crippen molar-refractivity contribution in [1.82, 2.24) is 0 Å². The summed E-state index contributed by atoms with van der Waals surface area (Å²) in [5, 5.41) is -0.298. The van der Waals surface area contributed by atoms with Crippen molar-refractivity contribution in [1.29, 1.82) is 0 Å². The summed E-state index contributed by atoms with van der Waals surface area (Å²) in [6, 6.07) is 6.76. The molecule has 0 radical (unpaired) electrons. The first-order valence-corrected chi connectivity index (χ1v) is 8.28. The van der Waals surface area contributed by atoms with E-state index < -0.39 is 24.2 Å². The largest absolute Gasteiger partial charge is 0.454 e. The number of halogens is 3. The molecule has 1 aliphatic rings. The van der Waals surface area contributed by atoms with E-state index in [1.54, 1.807) is 25.2 Å². The summed E-state index contributed by atoms with van der Waals surface area (Å²) in [5.41, 5.74) is 1.57. The second-order valence-corrected chi connectivity index (χ2v) is 6.53. The Bertz CT molecular complexity index is 945. The van der Waals surface area contributed by atoms with Crippen LogP contribution in [-0.4, -0.2) is 31.3 Å². The van der Waals surface area contributed by atoms with Crippen LogP contribution in [0.1, 0.15) is 26.3 Å². The average molecular weight is 396 g/mol. The van der Waals surface area contributed by atoms with Gasteiger partial charge in [0, 0.05) is 18.3 Å². The van der Waals surface area contributed by atoms with Gasteiger partial charge in [-0.3, -0.25) is 9.59 Å². The molecule has 0 atom stereocenters. The molecule has 1 amide bonds. The second-order valence-electron chi connectivity index (χ2n) is 5.72. The Balaban J connectivity index is 1.70. The third-order valence-corrected chi connectivity index (χ3v) is 4.65. The summed E-state index contributed by atoms with van der Waals surface area (Å²) in [4.78, 5) is 37.5. The zero-order chi connectivity index (χ0) is 19.0. The Morgan fingerprint density at radius 3 is 2.65 bits per heavy atom. The van der Waals surface area contributed by atoms with Gasteiger partial charge in [0.15, 0.2) is 12.4 Å². The van der Waals surface area contributed by atoms with Crippen molar-refractivity contribution in [2.24, 2.45) is 0 Å². The number of anilines is 1. The molecule has 1 aliphatic heterocycles. The van der Waals surface area contributed by atoms with E-state index in [0.717, 1.165) is 23.4 Å². The first kappa shape index (κ1) is 18.4. The minimum atomic E-state index is -0.935. The lowest BCUT2D eigenvalue weighted by Crippen LogP contribution is -2.20. The van der Waals surface area contributed by atoms with Gasteiger partial charge in [-0.15, -0.1) is 0 Å². The van der Waals surface area contributed by atoms with E-state index in [4.69, 9.17) is 27.9 Å². The quantitative estimate of drug-likeness (QED) is 0.449. The van der Waals surface area contributed by atoms with E-state index in [9.17, 15) is 18.8 Å². The van der Waals surface area contributed by atoms with Crippen LogP contribution in [0.25, 0.3) is 0 Å². The summed E-state index contributed by atoms with van der Waals surface area (Å²) >= 11 is 11.4. The number of likely N-dealkylation sites (N-methyl/N-ethyl adjacent to an activating group) is 1. The Morgan fingerprint density at radius 1 is 1.19 bits per heavy atom. The zero-order valence-corrected chi connectivity index (χ0v) is 15.0. The fourth-order valence-electron chi connectivity index (χ4n) is 2.61. The van der Waals surface area contributed by atoms with Crippen molar-refractivity contribution in [2.45, 2.75) is 6.42 Å². The van der Waals surface area contributed by atoms with E-state index in [0.29, 0.717) is 5.56 Å². The van der Waals surface area contributed by atoms with Crippen molar-refractivity contribution < 1.29 is 23.5 Å². The number of nitrogens with zero attached hydrogens (tertiary/aromatic N) is 1. The molecular weight excluding hydrogens is 384 g/mol. The Labute approximate surface area is 158 Å². The van der Waals surface area contributed by atoms with Gasteiger partial charge in [0.2, 0.25) is 5.91 Å². The number of carbonyl (C=O) groups excluding carboxylic acids is 3. The number of ether oxygens (including phenoxy) is 1. The third-order valence-electron chi connectivity index (χ3n) is 4.04. The number of ketones is 1. The van der Waals surface area contributed by atoms with Crippen LogP contribution in [0.3, 0.4) is 0 Å². The number of hydrogen-bond acceptors (Lipinski definition) is 4. The molecule has 0 saturated carbocycles. The predicted octanol–water partition coefficient (Wildman–Crippen LogP) is 3.69. The minimum absolute atomic E-state index is 0.0598. The third kappa shape index (κ3) is 3.43. The first-order chi connectivity index (χ1) is 12.3. The van der Waals surface area contributed by atoms with Crippen LogP contribution < -0.4 is 4.90 Å². The highest BCUT2D eigenvalue weighted by molar-refractivity contribution is 6.36. The summed E-state index contributed by atoms with van der Waals surface area (Å²) in [7, 11) is 1.66. The first-order valence-electron chi connectivity index (χ1n) is 7.52. The van der Waals surface area contributed by atoms with Gasteiger partial charge in [-0.05, 0) is 35.9 Å². The summed E-state index contributed by atoms with van der Waals surface area (Å²) in [5.74, 6) is -2.26. The van der Waals surface area contributed by atoms with Crippen LogP contribution in [0.4, 0.5) is 10.1 Å². The lowest BCUT2D eigenvalue weighted by molar-refractivity contribution is -0.117. The lowest BCUT2D eigenvalue weighted by atomic mass is 10.1. The number of esters is 1. The number of Topliss-reactive ketones (excluding diaryl/α,β-unsaturated/α-hetero) is 1. The average Bonchev–Trinajstić information content (AvgIpc) is 2.89. The molecule has 8 heteroatoms. The van der Waals surface area contributed by atoms with Crippen LogP contribution in [-0.2, 0) is 16.0 Å². The number of benzene rings is 2. The van der Waals surface area contributed by atoms with Crippen molar-refractivity contribution >= 4 is 46.5 Å². The molecule has 0 N–H and O–H groups in total. The molecule has 2 aromatic carbocycles. The molecule has 0 unspecified atom stereocenters. The maximum atomic E-state index is 13.5. The standard InChI is InChI=1S/C18H12Cl2FNO4/c1-22-15-3-2-9(4-10(15)5-17(22)24)16(23)8-26-18(25)11-6-14(21)13(20)7-12(11)19/h2-4,6-7H,5,8H2,1H3. The van der Waals surface area contributed by atoms with Crippen molar-refractivity contribution in [3.63, 3.8) is 0 Å². The van der Waals surface area contributed by atoms with Crippen LogP contribution in [0.15, 0.2) is 30.3 Å². The molecule has 26 heavy (non-hydrogen) atoms. The maximum absolute atomic E-state index is 13.5. The number of hydrogen-bond donors (Lipinski definition) is 0. The fraction of sp³-hybridized carbons (Fsp3) is 0.167. The Hall–Kier alpha value is -2.44. The van der Waals surface area contributed by atoms with Gasteiger partial charge in [-0.2, -0.15) is 0 Å². The van der Waals surface area contributed by atoms with Gasteiger partial charge in [0.1, 0.15) is 5.82 Å². The van der Waals surface area contributed by atoms with Gasteiger partial charge in [0.05, 0.1) is 22.0 Å². The van der Waals surface area contributed by atoms with E-state index >= 15 is 0 Å². The highest BCUT2D eigenvalue weighted by Crippen LogP contribution is 2.28. The highest BCUT2D eigenvalue weighted by Gasteiger charge is 2.25. The molecule has 2 aromatic rings. The van der Waals surface area contributed by atoms with E-state index in [1.165, 1.54) is 4.90 Å². The lowest BCUT2D eigenvalue weighted by Gasteiger charge is -2.10. The number of carbonyl (C=O) groups is 3. The minimum Gasteiger partial charge on any atom is -0.454 e. The molecular formula is C18H12Cl2FNO4. The molecule has 0 bridgehead atoms. The fourth-order valence-corrected chi connectivity index (χ4v) is 3.08. The SMILES string of the molecule is CN1C(=O)Cc2cc(C(=O)COC(=O)c3cc(F)c(Cl)cc3Cl)ccc21. The van der Waals surface area contributed by atoms with Crippen LogP contribution in [0, 0.1) is 5.82 Å². The Morgan fingerprint density at radius 2 is 1.92 bits per heavy atom. The van der Waals surface area contributed by atoms with Gasteiger partial charge >= 0.3 is 5.97 Å². The van der Waals surface area contributed by atoms with Gasteiger partial charge in [0.25, 0.3) is 0 Å². The molecule has 0 saturated heterocycles. The van der Waals surface area contributed by atoms with E-state index in [1.807, 2.05) is 0 Å². The second kappa shape index (κ2) is 7.05. The molecule has 0 aromatic heterocycles. The van der Waals surface area contributed by atoms with Crippen molar-refractivity contribution in [2.75, 3.05) is 18.6 Å². The normalized spacial score (nSPS) is 12.9. The number of fused-ring (bicyclic) bond motifs is 1. The topological polar surface area (TPSA) is 63.7 Å². The Kier molecular flexibility index (Phi) is 4.98. The zero-order valence-electron chi connectivity index (χ0n) is 13.5.